The third kappa shape index (κ3) is 12.9. The highest BCUT2D eigenvalue weighted by Crippen LogP contribution is 2.30. The molecule has 0 radical (unpaired) electrons. The number of anilines is 2. The number of nitrogens with zero attached hydrogens (tertiary/aromatic N) is 11. The number of pyridine rings is 6. The van der Waals surface area contributed by atoms with E-state index in [0.29, 0.717) is 59.5 Å². The van der Waals surface area contributed by atoms with Gasteiger partial charge in [0.2, 0.25) is 17.5 Å². The van der Waals surface area contributed by atoms with Gasteiger partial charge in [-0.05, 0) is 91.2 Å². The molecule has 2 aliphatic rings. The number of Topliss-reactive ketones (excluding diaryl/α,β-unsaturated/α-hetero) is 2. The van der Waals surface area contributed by atoms with Crippen LogP contribution in [0.25, 0.3) is 27.4 Å². The molecule has 2 amide bonds. The lowest BCUT2D eigenvalue weighted by atomic mass is 10.0. The summed E-state index contributed by atoms with van der Waals surface area (Å²) in [6, 6.07) is 18.8. The fourth-order valence-corrected chi connectivity index (χ4v) is 8.33. The summed E-state index contributed by atoms with van der Waals surface area (Å²) in [4.78, 5) is 86.2. The summed E-state index contributed by atoms with van der Waals surface area (Å²) in [6.07, 6.45) is 11.3. The molecule has 0 unspecified atom stereocenters. The zero-order valence-corrected chi connectivity index (χ0v) is 38.9. The van der Waals surface area contributed by atoms with Crippen LogP contribution in [0.2, 0.25) is 5.02 Å². The van der Waals surface area contributed by atoms with E-state index in [9.17, 15) is 19.2 Å². The van der Waals surface area contributed by atoms with E-state index in [4.69, 9.17) is 18.2 Å². The molecule has 0 aliphatic carbocycles. The van der Waals surface area contributed by atoms with Crippen LogP contribution >= 0.6 is 11.6 Å². The van der Waals surface area contributed by atoms with Crippen molar-refractivity contribution in [1.29, 1.82) is 0 Å². The minimum atomic E-state index is 0.0144. The molecule has 0 spiro atoms. The molecule has 0 bridgehead atoms. The van der Waals surface area contributed by atoms with Gasteiger partial charge >= 0.3 is 0 Å². The molecule has 0 N–H and O–H groups in total. The number of hydrogen-bond acceptors (Lipinski definition) is 12. The van der Waals surface area contributed by atoms with E-state index >= 15 is 0 Å². The monoisotopic (exact) mass is 917 g/mol. The summed E-state index contributed by atoms with van der Waals surface area (Å²) in [6.45, 7) is 20.5. The average Bonchev–Trinajstić information content (AvgIpc) is 3.32. The highest BCUT2D eigenvalue weighted by molar-refractivity contribution is 6.33. The first-order valence-corrected chi connectivity index (χ1v) is 22.5. The number of aromatic nitrogens is 6. The van der Waals surface area contributed by atoms with Crippen LogP contribution in [0.15, 0.2) is 97.8 Å². The Morgan fingerprint density at radius 1 is 0.552 bits per heavy atom. The van der Waals surface area contributed by atoms with E-state index in [2.05, 4.69) is 44.5 Å². The molecule has 15 nitrogen and oxygen atoms in total. The van der Waals surface area contributed by atoms with Crippen molar-refractivity contribution in [2.45, 2.75) is 53.4 Å². The Hall–Kier alpha value is -7.44. The Morgan fingerprint density at radius 2 is 1.00 bits per heavy atom. The Kier molecular flexibility index (Phi) is 15.7. The van der Waals surface area contributed by atoms with Crippen LogP contribution in [0.4, 0.5) is 17.1 Å². The molecular weight excluding hydrogens is 866 g/mol. The molecular formula is C51H52ClN11O4. The molecule has 8 rings (SSSR count). The lowest BCUT2D eigenvalue weighted by molar-refractivity contribution is -0.129. The van der Waals surface area contributed by atoms with Gasteiger partial charge in [0.05, 0.1) is 46.8 Å². The van der Waals surface area contributed by atoms with Crippen LogP contribution < -0.4 is 9.80 Å². The standard InChI is InChI=1S/C26H26N6O2.C25H26ClN5O2/c1-18-12-21(6-7-28-18)26-25(27-3)14-20(16-30-26)13-24(34)15-22-4-5-23(17-29-22)32-10-8-31(9-11-32)19(2)33;1-17-11-20(5-6-27-17)25-24(26)13-19(15-29-25)12-23(33)14-21-3-4-22(16-28-21)31-9-7-30(8-10-31)18(2)32/h4-7,12,14,16-17H,8-11,13,15H2,1-2H3;3-6,11,13,15-16H,7-10,12,14H2,1-2H3. The van der Waals surface area contributed by atoms with Gasteiger partial charge in [-0.2, -0.15) is 0 Å². The smallest absolute Gasteiger partial charge is 0.219 e. The minimum Gasteiger partial charge on any atom is -0.367 e. The van der Waals surface area contributed by atoms with Gasteiger partial charge in [-0.3, -0.25) is 49.1 Å². The second kappa shape index (κ2) is 22.2. The molecule has 2 saturated heterocycles. The van der Waals surface area contributed by atoms with Crippen molar-refractivity contribution in [2.75, 3.05) is 62.2 Å². The minimum absolute atomic E-state index is 0.0144. The van der Waals surface area contributed by atoms with Crippen LogP contribution in [-0.4, -0.2) is 115 Å². The van der Waals surface area contributed by atoms with Gasteiger partial charge < -0.3 is 19.6 Å². The molecule has 0 saturated carbocycles. The summed E-state index contributed by atoms with van der Waals surface area (Å²) in [5.74, 6) is 0.281. The fourth-order valence-electron chi connectivity index (χ4n) is 8.03. The maximum absolute atomic E-state index is 12.7. The van der Waals surface area contributed by atoms with Crippen LogP contribution in [0, 0.1) is 20.4 Å². The van der Waals surface area contributed by atoms with E-state index < -0.39 is 0 Å². The first-order chi connectivity index (χ1) is 32.3. The molecule has 8 heterocycles. The zero-order chi connectivity index (χ0) is 47.5. The molecule has 67 heavy (non-hydrogen) atoms. The topological polar surface area (TPSA) is 163 Å². The van der Waals surface area contributed by atoms with Gasteiger partial charge in [0, 0.05) is 145 Å². The summed E-state index contributed by atoms with van der Waals surface area (Å²) in [5, 5.41) is 0.512. The largest absolute Gasteiger partial charge is 0.367 e. The van der Waals surface area contributed by atoms with E-state index in [1.165, 1.54) is 0 Å². The van der Waals surface area contributed by atoms with Gasteiger partial charge in [-0.15, -0.1) is 0 Å². The van der Waals surface area contributed by atoms with Crippen molar-refractivity contribution in [3.8, 4) is 22.5 Å². The molecule has 16 heteroatoms. The van der Waals surface area contributed by atoms with Crippen molar-refractivity contribution < 1.29 is 19.2 Å². The summed E-state index contributed by atoms with van der Waals surface area (Å²) in [7, 11) is 0. The van der Waals surface area contributed by atoms with E-state index in [1.54, 1.807) is 63.2 Å². The zero-order valence-electron chi connectivity index (χ0n) is 38.2. The number of aryl methyl sites for hydroxylation is 2. The summed E-state index contributed by atoms with van der Waals surface area (Å²) in [5.41, 5.74) is 10.1. The van der Waals surface area contributed by atoms with Crippen LogP contribution in [0.3, 0.4) is 0 Å². The lowest BCUT2D eigenvalue weighted by Crippen LogP contribution is -2.48. The predicted molar refractivity (Wildman–Crippen MR) is 258 cm³/mol. The number of rotatable bonds is 12. The maximum atomic E-state index is 12.7. The number of ketones is 2. The molecule has 2 aliphatic heterocycles. The van der Waals surface area contributed by atoms with Gasteiger partial charge in [0.15, 0.2) is 0 Å². The number of amides is 2. The summed E-state index contributed by atoms with van der Waals surface area (Å²) >= 11 is 6.44. The Balaban J connectivity index is 0.000000199. The van der Waals surface area contributed by atoms with E-state index in [0.717, 1.165) is 71.3 Å². The van der Waals surface area contributed by atoms with Gasteiger partial charge in [0.1, 0.15) is 11.6 Å². The van der Waals surface area contributed by atoms with Crippen molar-refractivity contribution in [3.05, 3.63) is 148 Å². The second-order valence-corrected chi connectivity index (χ2v) is 17.1. The highest BCUT2D eigenvalue weighted by Gasteiger charge is 2.21. The SMILES string of the molecule is CC(=O)N1CCN(c2ccc(CC(=O)Cc3cnc(-c4ccnc(C)c4)c(Cl)c3)nc2)CC1.[C-]#[N+]c1cc(CC(=O)Cc2ccc(N3CCN(C(C)=O)CC3)cn2)cnc1-c1ccnc(C)c1. The van der Waals surface area contributed by atoms with Crippen molar-refractivity contribution in [1.82, 2.24) is 39.7 Å². The van der Waals surface area contributed by atoms with Crippen LogP contribution in [-0.2, 0) is 44.9 Å². The number of piperazine rings is 2. The Bertz CT molecular complexity index is 2780. The first-order valence-electron chi connectivity index (χ1n) is 22.1. The molecule has 0 atom stereocenters. The molecule has 342 valence electrons. The molecule has 0 aromatic carbocycles. The van der Waals surface area contributed by atoms with Crippen LogP contribution in [0.5, 0.6) is 0 Å². The molecule has 6 aromatic heterocycles. The highest BCUT2D eigenvalue weighted by atomic mass is 35.5. The predicted octanol–water partition coefficient (Wildman–Crippen LogP) is 6.94. The molecule has 6 aromatic rings. The van der Waals surface area contributed by atoms with Gasteiger partial charge in [-0.1, -0.05) is 11.6 Å². The number of carbonyl (C=O) groups is 4. The van der Waals surface area contributed by atoms with Crippen molar-refractivity contribution in [3.63, 3.8) is 0 Å². The Labute approximate surface area is 395 Å². The third-order valence-corrected chi connectivity index (χ3v) is 11.9. The van der Waals surface area contributed by atoms with Crippen molar-refractivity contribution >= 4 is 52.0 Å². The van der Waals surface area contributed by atoms with Gasteiger partial charge in [0.25, 0.3) is 0 Å². The second-order valence-electron chi connectivity index (χ2n) is 16.7. The maximum Gasteiger partial charge on any atom is 0.219 e. The summed E-state index contributed by atoms with van der Waals surface area (Å²) < 4.78 is 0. The molecule has 2 fully saturated rings. The third-order valence-electron chi connectivity index (χ3n) is 11.6. The van der Waals surface area contributed by atoms with Crippen molar-refractivity contribution in [2.24, 2.45) is 0 Å². The normalized spacial score (nSPS) is 13.6. The van der Waals surface area contributed by atoms with Gasteiger partial charge in [-0.25, -0.2) is 4.85 Å². The van der Waals surface area contributed by atoms with Crippen LogP contribution in [0.1, 0.15) is 47.8 Å². The van der Waals surface area contributed by atoms with E-state index in [-0.39, 0.29) is 49.1 Å². The fraction of sp³-hybridized carbons (Fsp3) is 0.314. The Morgan fingerprint density at radius 3 is 1.40 bits per heavy atom. The number of carbonyl (C=O) groups excluding carboxylic acids is 4. The average molecular weight is 919 g/mol. The number of halogens is 1. The quantitative estimate of drug-likeness (QED) is 0.116. The first kappa shape index (κ1) is 47.5. The van der Waals surface area contributed by atoms with E-state index in [1.807, 2.05) is 72.2 Å². The lowest BCUT2D eigenvalue weighted by Gasteiger charge is -2.35. The number of hydrogen-bond donors (Lipinski definition) is 0.